The summed E-state index contributed by atoms with van der Waals surface area (Å²) in [4.78, 5) is 63.4. The maximum Gasteiger partial charge on any atom is 0.324 e. The fourth-order valence-electron chi connectivity index (χ4n) is 10.2. The summed E-state index contributed by atoms with van der Waals surface area (Å²) < 4.78 is 32.0. The van der Waals surface area contributed by atoms with Gasteiger partial charge in [-0.1, -0.05) is 58.0 Å². The normalized spacial score (nSPS) is 40.7. The first-order valence-electron chi connectivity index (χ1n) is 20.4. The number of hydrogen-bond acceptors (Lipinski definition) is 13. The molecule has 14 atom stereocenters. The second kappa shape index (κ2) is 16.6. The van der Waals surface area contributed by atoms with E-state index in [-0.39, 0.29) is 43.9 Å². The van der Waals surface area contributed by atoms with Crippen molar-refractivity contribution in [2.75, 3.05) is 27.2 Å². The largest absolute Gasteiger partial charge is 0.458 e. The second-order valence-corrected chi connectivity index (χ2v) is 17.7. The van der Waals surface area contributed by atoms with Crippen LogP contribution in [0.5, 0.6) is 0 Å². The number of esters is 2. The minimum Gasteiger partial charge on any atom is -0.458 e. The van der Waals surface area contributed by atoms with Gasteiger partial charge in [0.2, 0.25) is 0 Å². The van der Waals surface area contributed by atoms with Crippen molar-refractivity contribution in [1.29, 1.82) is 0 Å². The zero-order valence-electron chi connectivity index (χ0n) is 35.0. The molecule has 6 rings (SSSR count). The molecule has 4 aliphatic rings. The summed E-state index contributed by atoms with van der Waals surface area (Å²) in [5.74, 6) is -5.43. The number of carbonyl (C=O) groups excluding carboxylic acids is 4. The molecule has 4 aliphatic heterocycles. The summed E-state index contributed by atoms with van der Waals surface area (Å²) in [5, 5.41) is 15.9. The number of nitrogens with one attached hydrogen (secondary N) is 1. The first-order valence-corrected chi connectivity index (χ1v) is 20.4. The van der Waals surface area contributed by atoms with E-state index in [4.69, 9.17) is 23.7 Å². The number of ketones is 2. The van der Waals surface area contributed by atoms with E-state index in [1.807, 2.05) is 96.1 Å². The van der Waals surface area contributed by atoms with Gasteiger partial charge in [0.25, 0.3) is 0 Å². The number of hydrogen-bond donors (Lipinski definition) is 2. The number of pyridine rings is 1. The number of fused-ring (bicyclic) bond motifs is 1. The molecule has 0 saturated carbocycles. The molecule has 4 fully saturated rings. The summed E-state index contributed by atoms with van der Waals surface area (Å²) in [6.45, 7) is 14.4. The van der Waals surface area contributed by atoms with Crippen molar-refractivity contribution >= 4 is 40.5 Å². The molecule has 0 aliphatic carbocycles. The van der Waals surface area contributed by atoms with Crippen LogP contribution < -0.4 is 5.32 Å². The molecule has 0 radical (unpaired) electrons. The van der Waals surface area contributed by atoms with Gasteiger partial charge in [0.05, 0.1) is 29.9 Å². The predicted octanol–water partition coefficient (Wildman–Crippen LogP) is 4.52. The quantitative estimate of drug-likeness (QED) is 0.284. The number of para-hydroxylation sites is 1. The Bertz CT molecular complexity index is 1870. The Labute approximate surface area is 336 Å². The average molecular weight is 792 g/mol. The Morgan fingerprint density at radius 2 is 1.77 bits per heavy atom. The molecule has 0 bridgehead atoms. The molecule has 5 heterocycles. The Morgan fingerprint density at radius 3 is 2.47 bits per heavy atom. The van der Waals surface area contributed by atoms with Gasteiger partial charge in [-0.2, -0.15) is 0 Å². The van der Waals surface area contributed by atoms with Crippen molar-refractivity contribution in [3.63, 3.8) is 0 Å². The summed E-state index contributed by atoms with van der Waals surface area (Å²) >= 11 is 0. The third-order valence-corrected chi connectivity index (χ3v) is 13.2. The minimum atomic E-state index is -1.36. The molecule has 0 spiro atoms. The first-order chi connectivity index (χ1) is 26.8. The lowest BCUT2D eigenvalue weighted by Gasteiger charge is -2.48. The zero-order chi connectivity index (χ0) is 41.6. The maximum atomic E-state index is 15.0. The monoisotopic (exact) mass is 791 g/mol. The molecule has 4 saturated heterocycles. The molecular formula is C44H61N3O10. The number of ether oxygens (including phenoxy) is 5. The summed E-state index contributed by atoms with van der Waals surface area (Å²) in [5.41, 5.74) is -2.05. The highest BCUT2D eigenvalue weighted by Gasteiger charge is 2.69. The predicted molar refractivity (Wildman–Crippen MR) is 213 cm³/mol. The molecule has 2 N–H and O–H groups in total. The number of likely N-dealkylation sites (N-methyl/N-ethyl adjacent to an activating group) is 1. The topological polar surface area (TPSA) is 163 Å². The van der Waals surface area contributed by atoms with Crippen molar-refractivity contribution in [1.82, 2.24) is 15.2 Å². The Kier molecular flexibility index (Phi) is 12.5. The van der Waals surface area contributed by atoms with Crippen LogP contribution in [-0.4, -0.2) is 120 Å². The molecule has 13 nitrogen and oxygen atoms in total. The van der Waals surface area contributed by atoms with Gasteiger partial charge in [0.15, 0.2) is 17.7 Å². The third kappa shape index (κ3) is 8.08. The molecule has 3 unspecified atom stereocenters. The van der Waals surface area contributed by atoms with Crippen LogP contribution in [0.15, 0.2) is 42.6 Å². The number of Topliss-reactive ketones (excluding diaryl/α,β-unsaturated/α-hetero) is 2. The van der Waals surface area contributed by atoms with Crippen molar-refractivity contribution in [2.45, 2.75) is 129 Å². The molecule has 1 aromatic heterocycles. The third-order valence-electron chi connectivity index (χ3n) is 13.2. The number of rotatable bonds is 8. The highest BCUT2D eigenvalue weighted by molar-refractivity contribution is 6.00. The lowest BCUT2D eigenvalue weighted by atomic mass is 9.62. The SMILES string of the molecule is CC[C@@H]1OC(=O)[C@H](C)C(=O)[C@H](C)[C@@H](O[C@@H]2O[C@H](C)C[C@H](N(C)C)[C@H]2O)[C@@](C)(OC/C=C/c2cnc3ccccc3c2)C[C@@H](C)C(=O)C2(C)CNC3C(=O)O[C@@]1(C)C32. The van der Waals surface area contributed by atoms with Crippen molar-refractivity contribution in [2.24, 2.45) is 29.1 Å². The number of cyclic esters (lactones) is 1. The smallest absolute Gasteiger partial charge is 0.324 e. The van der Waals surface area contributed by atoms with Gasteiger partial charge >= 0.3 is 11.9 Å². The number of carbonyl (C=O) groups is 4. The fraction of sp³-hybridized carbons (Fsp3) is 0.659. The van der Waals surface area contributed by atoms with E-state index in [1.54, 1.807) is 20.0 Å². The number of nitrogens with zero attached hydrogens (tertiary/aromatic N) is 2. The van der Waals surface area contributed by atoms with E-state index in [2.05, 4.69) is 10.3 Å². The minimum absolute atomic E-state index is 0.0650. The van der Waals surface area contributed by atoms with Gasteiger partial charge < -0.3 is 39.0 Å². The zero-order valence-corrected chi connectivity index (χ0v) is 35.0. The second-order valence-electron chi connectivity index (χ2n) is 17.7. The summed E-state index contributed by atoms with van der Waals surface area (Å²) in [6.07, 6.45) is 1.93. The number of aromatic nitrogens is 1. The molecule has 0 amide bonds. The highest BCUT2D eigenvalue weighted by atomic mass is 16.7. The van der Waals surface area contributed by atoms with Gasteiger partial charge in [-0.15, -0.1) is 0 Å². The number of aliphatic hydroxyl groups excluding tert-OH is 1. The molecular weight excluding hydrogens is 730 g/mol. The van der Waals surface area contributed by atoms with Crippen LogP contribution in [0.1, 0.15) is 80.2 Å². The van der Waals surface area contributed by atoms with Crippen LogP contribution in [0.25, 0.3) is 17.0 Å². The molecule has 2 aromatic rings. The first kappa shape index (κ1) is 43.0. The average Bonchev–Trinajstić information content (AvgIpc) is 3.68. The van der Waals surface area contributed by atoms with E-state index >= 15 is 0 Å². The Hall–Kier alpha value is -3.59. The molecule has 57 heavy (non-hydrogen) atoms. The van der Waals surface area contributed by atoms with E-state index in [9.17, 15) is 24.3 Å². The molecule has 312 valence electrons. The number of benzene rings is 1. The van der Waals surface area contributed by atoms with E-state index in [0.717, 1.165) is 16.5 Å². The summed E-state index contributed by atoms with van der Waals surface area (Å²) in [7, 11) is 3.75. The van der Waals surface area contributed by atoms with E-state index < -0.39 is 88.7 Å². The lowest BCUT2D eigenvalue weighted by Crippen LogP contribution is -2.60. The Balaban J connectivity index is 1.42. The van der Waals surface area contributed by atoms with Gasteiger partial charge in [-0.3, -0.25) is 24.2 Å². The standard InChI is InChI=1S/C44H61N3O10/c1-11-32-44(8)36-33(40(52)57-44)46-23-42(36,6)37(50)24(2)21-43(7,53-18-14-15-28-20-29-16-12-13-17-30(29)45-22-28)38(26(4)34(48)27(5)39(51)55-32)56-41-35(49)31(47(9)10)19-25(3)54-41/h12-17,20,22,24-27,31-33,35-36,38,41,46,49H,11,18-19,21,23H2,1-10H3/b15-14+/t24-,25-,26+,27-,31+,32+,33?,35-,36?,38-,41+,42?,43+,44-/m1/s1. The van der Waals surface area contributed by atoms with Crippen LogP contribution in [0.3, 0.4) is 0 Å². The summed E-state index contributed by atoms with van der Waals surface area (Å²) in [6, 6.07) is 8.78. The van der Waals surface area contributed by atoms with Gasteiger partial charge in [0, 0.05) is 47.3 Å². The van der Waals surface area contributed by atoms with Gasteiger partial charge in [-0.05, 0) is 78.7 Å². The van der Waals surface area contributed by atoms with Gasteiger partial charge in [0.1, 0.15) is 30.0 Å². The fourth-order valence-corrected chi connectivity index (χ4v) is 10.2. The van der Waals surface area contributed by atoms with Crippen LogP contribution >= 0.6 is 0 Å². The molecule has 13 heteroatoms. The van der Waals surface area contributed by atoms with Crippen molar-refractivity contribution in [3.8, 4) is 0 Å². The Morgan fingerprint density at radius 1 is 1.05 bits per heavy atom. The van der Waals surface area contributed by atoms with Crippen LogP contribution in [0, 0.1) is 29.1 Å². The van der Waals surface area contributed by atoms with Crippen molar-refractivity contribution in [3.05, 3.63) is 48.2 Å². The van der Waals surface area contributed by atoms with E-state index in [0.29, 0.717) is 6.42 Å². The maximum absolute atomic E-state index is 15.0. The van der Waals surface area contributed by atoms with Crippen LogP contribution in [-0.2, 0) is 42.9 Å². The van der Waals surface area contributed by atoms with E-state index in [1.165, 1.54) is 6.92 Å². The van der Waals surface area contributed by atoms with Crippen LogP contribution in [0.4, 0.5) is 0 Å². The van der Waals surface area contributed by atoms with Crippen LogP contribution in [0.2, 0.25) is 0 Å². The highest BCUT2D eigenvalue weighted by Crippen LogP contribution is 2.53. The van der Waals surface area contributed by atoms with Crippen molar-refractivity contribution < 1.29 is 48.0 Å². The molecule has 1 aromatic carbocycles. The van der Waals surface area contributed by atoms with Gasteiger partial charge in [-0.25, -0.2) is 0 Å². The lowest BCUT2D eigenvalue weighted by molar-refractivity contribution is -0.296. The number of aliphatic hydroxyl groups is 1.